The van der Waals surface area contributed by atoms with E-state index in [4.69, 9.17) is 39.5 Å². The van der Waals surface area contributed by atoms with Crippen molar-refractivity contribution in [2.45, 2.75) is 51.3 Å². The van der Waals surface area contributed by atoms with Gasteiger partial charge in [-0.1, -0.05) is 41.2 Å². The van der Waals surface area contributed by atoms with E-state index in [9.17, 15) is 0 Å². The van der Waals surface area contributed by atoms with Gasteiger partial charge in [0.05, 0.1) is 10.7 Å². The summed E-state index contributed by atoms with van der Waals surface area (Å²) < 4.78 is 8.40. The third-order valence-electron chi connectivity index (χ3n) is 7.50. The number of fused-ring (bicyclic) bond motifs is 1. The van der Waals surface area contributed by atoms with Crippen LogP contribution in [0.25, 0.3) is 10.9 Å². The lowest BCUT2D eigenvalue weighted by atomic mass is 9.99. The van der Waals surface area contributed by atoms with E-state index in [1.165, 1.54) is 61.7 Å². The molecule has 0 aliphatic carbocycles. The van der Waals surface area contributed by atoms with Gasteiger partial charge in [0.2, 0.25) is 0 Å². The minimum atomic E-state index is 0. The van der Waals surface area contributed by atoms with Crippen LogP contribution < -0.4 is 4.74 Å². The fourth-order valence-corrected chi connectivity index (χ4v) is 6.23. The minimum absolute atomic E-state index is 0. The number of hydrogen-bond donors (Lipinski definition) is 0. The molecule has 0 amide bonds. The molecule has 0 unspecified atom stereocenters. The number of rotatable bonds is 6. The van der Waals surface area contributed by atoms with Crippen LogP contribution in [0, 0.1) is 0 Å². The van der Waals surface area contributed by atoms with Gasteiger partial charge in [0.1, 0.15) is 12.4 Å². The number of nitrogens with zero attached hydrogens (tertiary/aromatic N) is 3. The number of aryl methyl sites for hydroxylation is 1. The Bertz CT molecular complexity index is 1150. The lowest BCUT2D eigenvalue weighted by molar-refractivity contribution is 0.0895. The Morgan fingerprint density at radius 2 is 1.53 bits per heavy atom. The van der Waals surface area contributed by atoms with Gasteiger partial charge in [-0.15, -0.1) is 24.8 Å². The molecule has 0 N–H and O–H groups in total. The number of likely N-dealkylation sites (tertiary alicyclic amines) is 2. The molecule has 198 valence electrons. The van der Waals surface area contributed by atoms with Crippen molar-refractivity contribution >= 4 is 70.5 Å². The van der Waals surface area contributed by atoms with Gasteiger partial charge in [-0.3, -0.25) is 4.90 Å². The normalized spacial score (nSPS) is 17.6. The minimum Gasteiger partial charge on any atom is -0.486 e. The molecule has 3 heterocycles. The molecule has 2 aliphatic heterocycles. The second-order valence-electron chi connectivity index (χ2n) is 9.61. The summed E-state index contributed by atoms with van der Waals surface area (Å²) in [5, 5.41) is 3.09. The number of piperidine rings is 2. The molecule has 2 fully saturated rings. The highest BCUT2D eigenvalue weighted by Gasteiger charge is 2.27. The summed E-state index contributed by atoms with van der Waals surface area (Å²) >= 11 is 18.8. The van der Waals surface area contributed by atoms with Crippen molar-refractivity contribution in [3.8, 4) is 5.75 Å². The van der Waals surface area contributed by atoms with Crippen molar-refractivity contribution in [2.75, 3.05) is 26.2 Å². The Morgan fingerprint density at radius 3 is 2.22 bits per heavy atom. The molecule has 0 atom stereocenters. The molecule has 0 spiro atoms. The molecule has 1 aromatic heterocycles. The van der Waals surface area contributed by atoms with Crippen LogP contribution in [-0.4, -0.2) is 46.6 Å². The molecule has 0 saturated carbocycles. The quantitative estimate of drug-likeness (QED) is 0.289. The highest BCUT2D eigenvalue weighted by molar-refractivity contribution is 6.35. The second-order valence-corrected chi connectivity index (χ2v) is 10.9. The topological polar surface area (TPSA) is 20.6 Å². The van der Waals surface area contributed by atoms with Crippen LogP contribution in [0.4, 0.5) is 0 Å². The largest absolute Gasteiger partial charge is 0.486 e. The van der Waals surface area contributed by atoms with Gasteiger partial charge in [0.25, 0.3) is 0 Å². The van der Waals surface area contributed by atoms with Gasteiger partial charge in [0, 0.05) is 40.6 Å². The predicted octanol–water partition coefficient (Wildman–Crippen LogP) is 8.01. The molecular formula is C27H34Cl5N3O. The van der Waals surface area contributed by atoms with E-state index in [0.29, 0.717) is 22.4 Å². The zero-order chi connectivity index (χ0) is 23.7. The summed E-state index contributed by atoms with van der Waals surface area (Å²) in [6, 6.07) is 12.2. The van der Waals surface area contributed by atoms with Crippen molar-refractivity contribution < 1.29 is 4.74 Å². The fourth-order valence-electron chi connectivity index (χ4n) is 5.59. The fraction of sp³-hybridized carbons (Fsp3) is 0.481. The van der Waals surface area contributed by atoms with Crippen molar-refractivity contribution in [3.05, 3.63) is 62.7 Å². The lowest BCUT2D eigenvalue weighted by Crippen LogP contribution is -2.46. The van der Waals surface area contributed by atoms with Crippen molar-refractivity contribution in [3.63, 3.8) is 0 Å². The summed E-state index contributed by atoms with van der Waals surface area (Å²) in [7, 11) is 2.10. The standard InChI is InChI=1S/C27H32Cl3N3O.2ClH/c1-31-25-7-5-19(28)15-22(25)23(26(31)18-34-27-8-6-20(29)16-24(27)30)17-32-13-9-21(10-14-32)33-11-3-2-4-12-33;;/h5-8,15-16,21H,2-4,9-14,17-18H2,1H3;2*1H. The zero-order valence-corrected chi connectivity index (χ0v) is 24.4. The van der Waals surface area contributed by atoms with Gasteiger partial charge in [-0.25, -0.2) is 0 Å². The van der Waals surface area contributed by atoms with E-state index in [1.807, 2.05) is 12.1 Å². The van der Waals surface area contributed by atoms with Gasteiger partial charge in [-0.2, -0.15) is 0 Å². The molecular weight excluding hydrogens is 560 g/mol. The molecule has 9 heteroatoms. The maximum absolute atomic E-state index is 6.42. The molecule has 2 aliphatic rings. The van der Waals surface area contributed by atoms with E-state index < -0.39 is 0 Å². The molecule has 3 aromatic rings. The van der Waals surface area contributed by atoms with Crippen molar-refractivity contribution in [1.82, 2.24) is 14.4 Å². The Hall–Kier alpha value is -0.850. The summed E-state index contributed by atoms with van der Waals surface area (Å²) in [5.74, 6) is 0.641. The first-order valence-electron chi connectivity index (χ1n) is 12.3. The highest BCUT2D eigenvalue weighted by Crippen LogP contribution is 2.33. The SMILES string of the molecule is Cl.Cl.Cn1c(COc2ccc(Cl)cc2Cl)c(CN2CCC(N3CCCCC3)CC2)c2cc(Cl)ccc21. The van der Waals surface area contributed by atoms with Gasteiger partial charge in [-0.05, 0) is 93.8 Å². The summed E-state index contributed by atoms with van der Waals surface area (Å²) in [6.45, 7) is 6.15. The summed E-state index contributed by atoms with van der Waals surface area (Å²) in [4.78, 5) is 5.32. The first-order chi connectivity index (χ1) is 16.5. The van der Waals surface area contributed by atoms with E-state index >= 15 is 0 Å². The first kappa shape index (κ1) is 29.7. The number of ether oxygens (including phenoxy) is 1. The number of benzene rings is 2. The average molecular weight is 594 g/mol. The molecule has 2 aromatic carbocycles. The maximum atomic E-state index is 6.42. The molecule has 0 bridgehead atoms. The maximum Gasteiger partial charge on any atom is 0.138 e. The number of hydrogen-bond acceptors (Lipinski definition) is 3. The zero-order valence-electron chi connectivity index (χ0n) is 20.5. The third-order valence-corrected chi connectivity index (χ3v) is 8.27. The highest BCUT2D eigenvalue weighted by atomic mass is 35.5. The average Bonchev–Trinajstić information content (AvgIpc) is 3.09. The Morgan fingerprint density at radius 1 is 0.861 bits per heavy atom. The molecule has 2 saturated heterocycles. The number of halogens is 5. The van der Waals surface area contributed by atoms with E-state index in [1.54, 1.807) is 12.1 Å². The van der Waals surface area contributed by atoms with Gasteiger partial charge >= 0.3 is 0 Å². The van der Waals surface area contributed by atoms with Crippen LogP contribution in [-0.2, 0) is 20.2 Å². The Balaban J connectivity index is 0.00000180. The van der Waals surface area contributed by atoms with Gasteiger partial charge in [0.15, 0.2) is 0 Å². The van der Waals surface area contributed by atoms with Crippen LogP contribution in [0.1, 0.15) is 43.4 Å². The smallest absolute Gasteiger partial charge is 0.138 e. The van der Waals surface area contributed by atoms with E-state index in [0.717, 1.165) is 36.4 Å². The van der Waals surface area contributed by atoms with Gasteiger partial charge < -0.3 is 14.2 Å². The Labute approximate surface area is 241 Å². The predicted molar refractivity (Wildman–Crippen MR) is 157 cm³/mol. The summed E-state index contributed by atoms with van der Waals surface area (Å²) in [5.41, 5.74) is 3.62. The monoisotopic (exact) mass is 591 g/mol. The van der Waals surface area contributed by atoms with Crippen LogP contribution >= 0.6 is 59.6 Å². The van der Waals surface area contributed by atoms with Crippen molar-refractivity contribution in [2.24, 2.45) is 7.05 Å². The molecule has 5 rings (SSSR count). The first-order valence-corrected chi connectivity index (χ1v) is 13.4. The van der Waals surface area contributed by atoms with Crippen molar-refractivity contribution in [1.29, 1.82) is 0 Å². The number of aromatic nitrogens is 1. The lowest BCUT2D eigenvalue weighted by Gasteiger charge is -2.40. The Kier molecular flexibility index (Phi) is 11.0. The van der Waals surface area contributed by atoms with E-state index in [-0.39, 0.29) is 24.8 Å². The molecule has 36 heavy (non-hydrogen) atoms. The second kappa shape index (κ2) is 13.3. The molecule has 4 nitrogen and oxygen atoms in total. The summed E-state index contributed by atoms with van der Waals surface area (Å²) in [6.07, 6.45) is 6.61. The van der Waals surface area contributed by atoms with Crippen LogP contribution in [0.3, 0.4) is 0 Å². The van der Waals surface area contributed by atoms with Crippen LogP contribution in [0.15, 0.2) is 36.4 Å². The van der Waals surface area contributed by atoms with Crippen LogP contribution in [0.2, 0.25) is 15.1 Å². The van der Waals surface area contributed by atoms with E-state index in [2.05, 4.69) is 33.5 Å². The third kappa shape index (κ3) is 6.58. The molecule has 0 radical (unpaired) electrons. The van der Waals surface area contributed by atoms with Crippen LogP contribution in [0.5, 0.6) is 5.75 Å².